The number of rotatable bonds is 8. The summed E-state index contributed by atoms with van der Waals surface area (Å²) in [5, 5.41) is 11.7. The predicted octanol–water partition coefficient (Wildman–Crippen LogP) is 2.34. The molecule has 0 fully saturated rings. The van der Waals surface area contributed by atoms with Crippen molar-refractivity contribution >= 4 is 5.91 Å². The zero-order valence-corrected chi connectivity index (χ0v) is 11.2. The average Bonchev–Trinajstić information content (AvgIpc) is 2.24. The van der Waals surface area contributed by atoms with E-state index < -0.39 is 0 Å². The topological polar surface area (TPSA) is 49.3 Å². The number of aliphatic hydroxyl groups excluding tert-OH is 1. The highest BCUT2D eigenvalue weighted by Crippen LogP contribution is 2.20. The smallest absolute Gasteiger partial charge is 0.220 e. The van der Waals surface area contributed by atoms with Crippen LogP contribution in [0.4, 0.5) is 0 Å². The first-order valence-corrected chi connectivity index (χ1v) is 6.29. The molecule has 0 saturated heterocycles. The van der Waals surface area contributed by atoms with Crippen LogP contribution in [0.1, 0.15) is 53.4 Å². The quantitative estimate of drug-likeness (QED) is 0.671. The fourth-order valence-electron chi connectivity index (χ4n) is 1.52. The van der Waals surface area contributed by atoms with Crippen LogP contribution in [0.3, 0.4) is 0 Å². The minimum Gasteiger partial charge on any atom is -0.396 e. The third-order valence-corrected chi connectivity index (χ3v) is 3.01. The van der Waals surface area contributed by atoms with Gasteiger partial charge >= 0.3 is 0 Å². The van der Waals surface area contributed by atoms with Crippen LogP contribution in [-0.4, -0.2) is 24.2 Å². The van der Waals surface area contributed by atoms with E-state index in [0.29, 0.717) is 18.9 Å². The van der Waals surface area contributed by atoms with E-state index in [1.165, 1.54) is 0 Å². The Kier molecular flexibility index (Phi) is 7.39. The summed E-state index contributed by atoms with van der Waals surface area (Å²) < 4.78 is 0. The van der Waals surface area contributed by atoms with Gasteiger partial charge in [0, 0.05) is 19.6 Å². The maximum atomic E-state index is 11.6. The lowest BCUT2D eigenvalue weighted by molar-refractivity contribution is -0.122. The molecule has 2 N–H and O–H groups in total. The van der Waals surface area contributed by atoms with Crippen LogP contribution in [0.15, 0.2) is 0 Å². The van der Waals surface area contributed by atoms with E-state index in [1.54, 1.807) is 0 Å². The third kappa shape index (κ3) is 7.69. The van der Waals surface area contributed by atoms with Crippen LogP contribution in [0.25, 0.3) is 0 Å². The Labute approximate surface area is 99.6 Å². The molecular weight excluding hydrogens is 202 g/mol. The first-order chi connectivity index (χ1) is 7.41. The van der Waals surface area contributed by atoms with Gasteiger partial charge in [0.1, 0.15) is 0 Å². The van der Waals surface area contributed by atoms with Crippen molar-refractivity contribution < 1.29 is 9.90 Å². The second kappa shape index (κ2) is 7.66. The van der Waals surface area contributed by atoms with Gasteiger partial charge in [0.05, 0.1) is 0 Å². The van der Waals surface area contributed by atoms with Crippen molar-refractivity contribution in [1.82, 2.24) is 5.32 Å². The first kappa shape index (κ1) is 15.4. The fraction of sp³-hybridized carbons (Fsp3) is 0.923. The summed E-state index contributed by atoms with van der Waals surface area (Å²) in [6.45, 7) is 9.35. The molecule has 0 bridgehead atoms. The number of nitrogens with one attached hydrogen (secondary N) is 1. The lowest BCUT2D eigenvalue weighted by atomic mass is 9.88. The van der Waals surface area contributed by atoms with Crippen LogP contribution in [0, 0.1) is 11.3 Å². The van der Waals surface area contributed by atoms with Crippen LogP contribution in [-0.2, 0) is 4.79 Å². The van der Waals surface area contributed by atoms with Gasteiger partial charge in [0.25, 0.3) is 0 Å². The SMILES string of the molecule is CCC(C)CC(=O)NCC(C)(C)CCCO. The Bertz CT molecular complexity index is 202. The maximum Gasteiger partial charge on any atom is 0.220 e. The summed E-state index contributed by atoms with van der Waals surface area (Å²) in [7, 11) is 0. The van der Waals surface area contributed by atoms with Gasteiger partial charge in [-0.2, -0.15) is 0 Å². The number of aliphatic hydroxyl groups is 1. The second-order valence-corrected chi connectivity index (χ2v) is 5.49. The van der Waals surface area contributed by atoms with Crippen molar-refractivity contribution in [3.8, 4) is 0 Å². The molecule has 1 amide bonds. The lowest BCUT2D eigenvalue weighted by Crippen LogP contribution is -2.34. The van der Waals surface area contributed by atoms with Crippen molar-refractivity contribution in [1.29, 1.82) is 0 Å². The van der Waals surface area contributed by atoms with Crippen molar-refractivity contribution in [2.75, 3.05) is 13.2 Å². The molecule has 3 nitrogen and oxygen atoms in total. The fourth-order valence-corrected chi connectivity index (χ4v) is 1.52. The van der Waals surface area contributed by atoms with Crippen molar-refractivity contribution in [3.63, 3.8) is 0 Å². The number of hydrogen-bond donors (Lipinski definition) is 2. The molecular formula is C13H27NO2. The van der Waals surface area contributed by atoms with E-state index in [-0.39, 0.29) is 17.9 Å². The van der Waals surface area contributed by atoms with Gasteiger partial charge in [-0.1, -0.05) is 34.1 Å². The molecule has 3 heteroatoms. The van der Waals surface area contributed by atoms with E-state index in [1.807, 2.05) is 0 Å². The van der Waals surface area contributed by atoms with Crippen LogP contribution >= 0.6 is 0 Å². The van der Waals surface area contributed by atoms with Crippen molar-refractivity contribution in [3.05, 3.63) is 0 Å². The molecule has 0 radical (unpaired) electrons. The average molecular weight is 229 g/mol. The first-order valence-electron chi connectivity index (χ1n) is 6.29. The van der Waals surface area contributed by atoms with Gasteiger partial charge in [-0.15, -0.1) is 0 Å². The van der Waals surface area contributed by atoms with Crippen LogP contribution < -0.4 is 5.32 Å². The highest BCUT2D eigenvalue weighted by molar-refractivity contribution is 5.76. The molecule has 1 unspecified atom stereocenters. The van der Waals surface area contributed by atoms with Crippen LogP contribution in [0.2, 0.25) is 0 Å². The lowest BCUT2D eigenvalue weighted by Gasteiger charge is -2.25. The number of carbonyl (C=O) groups is 1. The summed E-state index contributed by atoms with van der Waals surface area (Å²) in [6.07, 6.45) is 3.40. The molecule has 16 heavy (non-hydrogen) atoms. The summed E-state index contributed by atoms with van der Waals surface area (Å²) in [5.41, 5.74) is 0.0772. The van der Waals surface area contributed by atoms with Crippen molar-refractivity contribution in [2.24, 2.45) is 11.3 Å². The van der Waals surface area contributed by atoms with Gasteiger partial charge in [-0.3, -0.25) is 4.79 Å². The van der Waals surface area contributed by atoms with Gasteiger partial charge in [-0.25, -0.2) is 0 Å². The number of amides is 1. The summed E-state index contributed by atoms with van der Waals surface area (Å²) in [4.78, 5) is 11.6. The zero-order valence-electron chi connectivity index (χ0n) is 11.2. The molecule has 0 aromatic carbocycles. The highest BCUT2D eigenvalue weighted by Gasteiger charge is 2.18. The molecule has 0 heterocycles. The van der Waals surface area contributed by atoms with E-state index >= 15 is 0 Å². The second-order valence-electron chi connectivity index (χ2n) is 5.49. The monoisotopic (exact) mass is 229 g/mol. The van der Waals surface area contributed by atoms with E-state index in [2.05, 4.69) is 33.0 Å². The molecule has 96 valence electrons. The minimum absolute atomic E-state index is 0.0772. The molecule has 0 aliphatic rings. The van der Waals surface area contributed by atoms with Crippen molar-refractivity contribution in [2.45, 2.75) is 53.4 Å². The minimum atomic E-state index is 0.0772. The Morgan fingerprint density at radius 1 is 1.44 bits per heavy atom. The van der Waals surface area contributed by atoms with E-state index in [9.17, 15) is 4.79 Å². The molecule has 1 atom stereocenters. The number of hydrogen-bond acceptors (Lipinski definition) is 2. The molecule has 0 aromatic rings. The molecule has 0 aliphatic carbocycles. The van der Waals surface area contributed by atoms with E-state index in [4.69, 9.17) is 5.11 Å². The molecule has 0 rings (SSSR count). The molecule has 0 spiro atoms. The Morgan fingerprint density at radius 3 is 2.56 bits per heavy atom. The normalized spacial score (nSPS) is 13.6. The largest absolute Gasteiger partial charge is 0.396 e. The Hall–Kier alpha value is -0.570. The molecule has 0 aliphatic heterocycles. The summed E-state index contributed by atoms with van der Waals surface area (Å²) in [5.74, 6) is 0.604. The summed E-state index contributed by atoms with van der Waals surface area (Å²) >= 11 is 0. The van der Waals surface area contributed by atoms with Gasteiger partial charge in [0.2, 0.25) is 5.91 Å². The number of carbonyl (C=O) groups excluding carboxylic acids is 1. The van der Waals surface area contributed by atoms with Gasteiger partial charge in [0.15, 0.2) is 0 Å². The maximum absolute atomic E-state index is 11.6. The predicted molar refractivity (Wildman–Crippen MR) is 67.2 cm³/mol. The Balaban J connectivity index is 3.81. The highest BCUT2D eigenvalue weighted by atomic mass is 16.2. The van der Waals surface area contributed by atoms with Gasteiger partial charge in [-0.05, 0) is 24.2 Å². The third-order valence-electron chi connectivity index (χ3n) is 3.01. The summed E-state index contributed by atoms with van der Waals surface area (Å²) in [6, 6.07) is 0. The zero-order chi connectivity index (χ0) is 12.6. The van der Waals surface area contributed by atoms with Crippen LogP contribution in [0.5, 0.6) is 0 Å². The van der Waals surface area contributed by atoms with E-state index in [0.717, 1.165) is 19.3 Å². The van der Waals surface area contributed by atoms with Gasteiger partial charge < -0.3 is 10.4 Å². The Morgan fingerprint density at radius 2 is 2.06 bits per heavy atom. The molecule has 0 aromatic heterocycles. The standard InChI is InChI=1S/C13H27NO2/c1-5-11(2)9-12(16)14-10-13(3,4)7-6-8-15/h11,15H,5-10H2,1-4H3,(H,14,16). The molecule has 0 saturated carbocycles.